The van der Waals surface area contributed by atoms with Crippen LogP contribution < -0.4 is 11.5 Å². The lowest BCUT2D eigenvalue weighted by molar-refractivity contribution is -0.112. The minimum absolute atomic E-state index is 0.164. The third-order valence-corrected chi connectivity index (χ3v) is 2.62. The normalized spacial score (nSPS) is 28.0. The van der Waals surface area contributed by atoms with E-state index >= 15 is 0 Å². The first kappa shape index (κ1) is 10.0. The second-order valence-electron chi connectivity index (χ2n) is 3.68. The number of hydrogen-bond donors (Lipinski definition) is 2. The van der Waals surface area contributed by atoms with Gasteiger partial charge >= 0.3 is 0 Å². The van der Waals surface area contributed by atoms with E-state index in [9.17, 15) is 4.79 Å². The summed E-state index contributed by atoms with van der Waals surface area (Å²) >= 11 is 0. The summed E-state index contributed by atoms with van der Waals surface area (Å²) in [7, 11) is 0. The van der Waals surface area contributed by atoms with Crippen LogP contribution in [0.1, 0.15) is 25.7 Å². The van der Waals surface area contributed by atoms with Crippen molar-refractivity contribution in [1.29, 1.82) is 0 Å². The Morgan fingerprint density at radius 3 is 2.38 bits per heavy atom. The van der Waals surface area contributed by atoms with Crippen LogP contribution in [0.2, 0.25) is 0 Å². The summed E-state index contributed by atoms with van der Waals surface area (Å²) in [6.45, 7) is 0.716. The average Bonchev–Trinajstić information content (AvgIpc) is 2.15. The molecule has 0 aromatic carbocycles. The van der Waals surface area contributed by atoms with Crippen molar-refractivity contribution in [2.75, 3.05) is 6.54 Å². The molecule has 0 bridgehead atoms. The van der Waals surface area contributed by atoms with E-state index in [1.807, 2.05) is 0 Å². The predicted molar refractivity (Wildman–Crippen MR) is 52.2 cm³/mol. The Balaban J connectivity index is 2.25. The van der Waals surface area contributed by atoms with Crippen molar-refractivity contribution in [3.63, 3.8) is 0 Å². The number of guanidine groups is 1. The molecule has 1 aliphatic rings. The summed E-state index contributed by atoms with van der Waals surface area (Å²) < 4.78 is 0. The quantitative estimate of drug-likeness (QED) is 0.374. The van der Waals surface area contributed by atoms with Crippen LogP contribution in [-0.2, 0) is 4.79 Å². The van der Waals surface area contributed by atoms with Crippen LogP contribution in [0.15, 0.2) is 4.99 Å². The number of hydrogen-bond acceptors (Lipinski definition) is 2. The Hall–Kier alpha value is -1.06. The Morgan fingerprint density at radius 2 is 1.92 bits per heavy atom. The van der Waals surface area contributed by atoms with Gasteiger partial charge in [0.25, 0.3) is 0 Å². The van der Waals surface area contributed by atoms with Crippen molar-refractivity contribution in [3.05, 3.63) is 0 Å². The van der Waals surface area contributed by atoms with Gasteiger partial charge in [-0.05, 0) is 31.6 Å². The van der Waals surface area contributed by atoms with E-state index in [1.54, 1.807) is 0 Å². The summed E-state index contributed by atoms with van der Waals surface area (Å²) in [5.41, 5.74) is 10.5. The van der Waals surface area contributed by atoms with Crippen LogP contribution in [0.25, 0.3) is 0 Å². The molecule has 4 N–H and O–H groups in total. The van der Waals surface area contributed by atoms with E-state index < -0.39 is 0 Å². The highest BCUT2D eigenvalue weighted by atomic mass is 16.1. The van der Waals surface area contributed by atoms with Crippen LogP contribution in [0, 0.1) is 11.8 Å². The van der Waals surface area contributed by atoms with Gasteiger partial charge in [-0.1, -0.05) is 0 Å². The molecule has 0 heterocycles. The molecule has 0 amide bonds. The van der Waals surface area contributed by atoms with E-state index in [0.717, 1.165) is 32.0 Å². The van der Waals surface area contributed by atoms with Crippen LogP contribution in [0.4, 0.5) is 0 Å². The van der Waals surface area contributed by atoms with Crippen molar-refractivity contribution in [3.8, 4) is 0 Å². The third-order valence-electron chi connectivity index (χ3n) is 2.62. The molecule has 0 atom stereocenters. The maximum Gasteiger partial charge on any atom is 0.185 e. The fourth-order valence-corrected chi connectivity index (χ4v) is 1.74. The first-order chi connectivity index (χ1) is 6.22. The molecule has 0 aromatic heterocycles. The number of carbonyl (C=O) groups is 1. The zero-order chi connectivity index (χ0) is 9.68. The molecular weight excluding hydrogens is 166 g/mol. The minimum atomic E-state index is 0.164. The fourth-order valence-electron chi connectivity index (χ4n) is 1.74. The number of rotatable bonds is 3. The highest BCUT2D eigenvalue weighted by Crippen LogP contribution is 2.27. The number of nitrogens with zero attached hydrogens (tertiary/aromatic N) is 1. The molecule has 1 aliphatic carbocycles. The molecule has 4 nitrogen and oxygen atoms in total. The van der Waals surface area contributed by atoms with Gasteiger partial charge in [-0.25, -0.2) is 0 Å². The zero-order valence-corrected chi connectivity index (χ0v) is 7.78. The molecular formula is C9H17N3O. The molecule has 1 fully saturated rings. The minimum Gasteiger partial charge on any atom is -0.370 e. The van der Waals surface area contributed by atoms with Gasteiger partial charge in [0.1, 0.15) is 6.29 Å². The van der Waals surface area contributed by atoms with E-state index in [4.69, 9.17) is 11.5 Å². The second-order valence-corrected chi connectivity index (χ2v) is 3.68. The molecule has 74 valence electrons. The SMILES string of the molecule is NC(N)=NCC1CCC(C=O)CC1. The first-order valence-corrected chi connectivity index (χ1v) is 4.73. The summed E-state index contributed by atoms with van der Waals surface area (Å²) in [6.07, 6.45) is 5.19. The van der Waals surface area contributed by atoms with Crippen LogP contribution in [-0.4, -0.2) is 18.8 Å². The first-order valence-electron chi connectivity index (χ1n) is 4.73. The molecule has 1 saturated carbocycles. The van der Waals surface area contributed by atoms with Gasteiger partial charge < -0.3 is 16.3 Å². The Morgan fingerprint density at radius 1 is 1.31 bits per heavy atom. The van der Waals surface area contributed by atoms with Crippen molar-refractivity contribution >= 4 is 12.2 Å². The fraction of sp³-hybridized carbons (Fsp3) is 0.778. The number of aldehydes is 1. The van der Waals surface area contributed by atoms with Gasteiger partial charge in [0.05, 0.1) is 0 Å². The number of nitrogens with two attached hydrogens (primary N) is 2. The molecule has 0 saturated heterocycles. The monoisotopic (exact) mass is 183 g/mol. The maximum absolute atomic E-state index is 10.5. The largest absolute Gasteiger partial charge is 0.370 e. The Bertz CT molecular complexity index is 191. The van der Waals surface area contributed by atoms with Crippen molar-refractivity contribution in [1.82, 2.24) is 0 Å². The van der Waals surface area contributed by atoms with E-state index in [1.165, 1.54) is 0 Å². The lowest BCUT2D eigenvalue weighted by atomic mass is 9.83. The maximum atomic E-state index is 10.5. The third kappa shape index (κ3) is 3.44. The molecule has 1 rings (SSSR count). The molecule has 13 heavy (non-hydrogen) atoms. The molecule has 0 spiro atoms. The highest BCUT2D eigenvalue weighted by Gasteiger charge is 2.19. The summed E-state index contributed by atoms with van der Waals surface area (Å²) in [5, 5.41) is 0. The molecule has 0 aliphatic heterocycles. The van der Waals surface area contributed by atoms with Crippen molar-refractivity contribution in [2.45, 2.75) is 25.7 Å². The summed E-state index contributed by atoms with van der Waals surface area (Å²) in [4.78, 5) is 14.4. The van der Waals surface area contributed by atoms with Crippen molar-refractivity contribution < 1.29 is 4.79 Å². The van der Waals surface area contributed by atoms with E-state index in [-0.39, 0.29) is 11.9 Å². The molecule has 0 unspecified atom stereocenters. The topological polar surface area (TPSA) is 81.5 Å². The van der Waals surface area contributed by atoms with Crippen molar-refractivity contribution in [2.24, 2.45) is 28.3 Å². The van der Waals surface area contributed by atoms with Gasteiger partial charge in [0, 0.05) is 12.5 Å². The molecule has 4 heteroatoms. The molecule has 0 radical (unpaired) electrons. The smallest absolute Gasteiger partial charge is 0.185 e. The van der Waals surface area contributed by atoms with Crippen LogP contribution in [0.5, 0.6) is 0 Å². The van der Waals surface area contributed by atoms with Gasteiger partial charge in [-0.3, -0.25) is 4.99 Å². The molecule has 0 aromatic rings. The van der Waals surface area contributed by atoms with Gasteiger partial charge in [0.2, 0.25) is 0 Å². The summed E-state index contributed by atoms with van der Waals surface area (Å²) in [5.74, 6) is 1.01. The van der Waals surface area contributed by atoms with Gasteiger partial charge in [-0.15, -0.1) is 0 Å². The highest BCUT2D eigenvalue weighted by molar-refractivity contribution is 5.75. The van der Waals surface area contributed by atoms with Gasteiger partial charge in [-0.2, -0.15) is 0 Å². The number of aliphatic imine (C=N–C) groups is 1. The Kier molecular flexibility index (Phi) is 3.73. The standard InChI is InChI=1S/C9H17N3O/c10-9(11)12-5-7-1-3-8(6-13)4-2-7/h6-8H,1-5H2,(H4,10,11,12). The lowest BCUT2D eigenvalue weighted by Crippen LogP contribution is -2.25. The zero-order valence-electron chi connectivity index (χ0n) is 7.78. The number of carbonyl (C=O) groups excluding carboxylic acids is 1. The van der Waals surface area contributed by atoms with Gasteiger partial charge in [0.15, 0.2) is 5.96 Å². The second kappa shape index (κ2) is 4.84. The van der Waals surface area contributed by atoms with Crippen LogP contribution in [0.3, 0.4) is 0 Å². The average molecular weight is 183 g/mol. The lowest BCUT2D eigenvalue weighted by Gasteiger charge is -2.23. The predicted octanol–water partition coefficient (Wildman–Crippen LogP) is 0.265. The van der Waals surface area contributed by atoms with Crippen LogP contribution >= 0.6 is 0 Å². The van der Waals surface area contributed by atoms with E-state index in [0.29, 0.717) is 12.5 Å². The Labute approximate surface area is 78.4 Å². The van der Waals surface area contributed by atoms with E-state index in [2.05, 4.69) is 4.99 Å². The summed E-state index contributed by atoms with van der Waals surface area (Å²) in [6, 6.07) is 0.